The first kappa shape index (κ1) is 17.1. The first-order chi connectivity index (χ1) is 12.1. The molecule has 1 aliphatic rings. The van der Waals surface area contributed by atoms with Crippen LogP contribution < -0.4 is 5.32 Å². The molecular weight excluding hydrogens is 325 g/mol. The average molecular weight is 345 g/mol. The van der Waals surface area contributed by atoms with Crippen LogP contribution in [0, 0.1) is 5.82 Å². The van der Waals surface area contributed by atoms with Crippen LogP contribution >= 0.6 is 0 Å². The highest BCUT2D eigenvalue weighted by Gasteiger charge is 2.33. The van der Waals surface area contributed by atoms with Gasteiger partial charge < -0.3 is 10.2 Å². The van der Waals surface area contributed by atoms with Gasteiger partial charge in [0.05, 0.1) is 5.69 Å². The van der Waals surface area contributed by atoms with Gasteiger partial charge in [-0.15, -0.1) is 0 Å². The maximum absolute atomic E-state index is 14.3. The Morgan fingerprint density at radius 3 is 2.96 bits per heavy atom. The molecular formula is C17H20FN5O2. The van der Waals surface area contributed by atoms with E-state index in [1.54, 1.807) is 11.0 Å². The fourth-order valence-electron chi connectivity index (χ4n) is 3.02. The van der Waals surface area contributed by atoms with Crippen molar-refractivity contribution in [3.05, 3.63) is 30.3 Å². The summed E-state index contributed by atoms with van der Waals surface area (Å²) in [5.41, 5.74) is 0.622. The van der Waals surface area contributed by atoms with E-state index in [-0.39, 0.29) is 17.5 Å². The number of aromatic amines is 1. The number of anilines is 1. The number of aromatic nitrogens is 3. The molecule has 0 spiro atoms. The van der Waals surface area contributed by atoms with Crippen molar-refractivity contribution >= 4 is 17.5 Å². The van der Waals surface area contributed by atoms with E-state index in [2.05, 4.69) is 20.5 Å². The van der Waals surface area contributed by atoms with E-state index >= 15 is 0 Å². The van der Waals surface area contributed by atoms with Crippen molar-refractivity contribution < 1.29 is 14.0 Å². The number of H-pyrrole nitrogens is 1. The van der Waals surface area contributed by atoms with Gasteiger partial charge in [0, 0.05) is 18.5 Å². The molecule has 1 atom stereocenters. The molecule has 1 unspecified atom stereocenters. The Hall–Kier alpha value is -2.77. The van der Waals surface area contributed by atoms with Gasteiger partial charge in [-0.25, -0.2) is 9.37 Å². The minimum absolute atomic E-state index is 0.0266. The van der Waals surface area contributed by atoms with Crippen LogP contribution in [0.2, 0.25) is 0 Å². The number of carbonyl (C=O) groups excluding carboxylic acids is 2. The third-order valence-electron chi connectivity index (χ3n) is 4.26. The number of likely N-dealkylation sites (tertiary alicyclic amines) is 1. The first-order valence-electron chi connectivity index (χ1n) is 8.35. The minimum atomic E-state index is -0.563. The van der Waals surface area contributed by atoms with E-state index in [1.165, 1.54) is 18.5 Å². The molecule has 0 bridgehead atoms. The zero-order valence-corrected chi connectivity index (χ0v) is 14.0. The monoisotopic (exact) mass is 345 g/mol. The molecule has 1 aromatic heterocycles. The second-order valence-electron chi connectivity index (χ2n) is 6.01. The lowest BCUT2D eigenvalue weighted by Gasteiger charge is -2.24. The molecule has 132 valence electrons. The third-order valence-corrected chi connectivity index (χ3v) is 4.26. The highest BCUT2D eigenvalue weighted by Crippen LogP contribution is 2.24. The Balaban J connectivity index is 1.71. The lowest BCUT2D eigenvalue weighted by atomic mass is 10.1. The van der Waals surface area contributed by atoms with Crippen molar-refractivity contribution in [2.45, 2.75) is 38.6 Å². The van der Waals surface area contributed by atoms with Crippen LogP contribution in [0.1, 0.15) is 32.6 Å². The maximum atomic E-state index is 14.3. The quantitative estimate of drug-likeness (QED) is 0.870. The number of hydrogen-bond donors (Lipinski definition) is 2. The van der Waals surface area contributed by atoms with E-state index in [1.807, 2.05) is 6.92 Å². The lowest BCUT2D eigenvalue weighted by molar-refractivity contribution is -0.136. The van der Waals surface area contributed by atoms with Crippen LogP contribution in [0.25, 0.3) is 11.4 Å². The lowest BCUT2D eigenvalue weighted by Crippen LogP contribution is -2.43. The number of hydrogen-bond acceptors (Lipinski definition) is 4. The Bertz CT molecular complexity index is 762. The molecule has 2 heterocycles. The van der Waals surface area contributed by atoms with Gasteiger partial charge in [-0.1, -0.05) is 6.92 Å². The van der Waals surface area contributed by atoms with Crippen molar-refractivity contribution in [3.8, 4) is 11.4 Å². The number of benzene rings is 1. The van der Waals surface area contributed by atoms with Gasteiger partial charge in [0.1, 0.15) is 18.2 Å². The first-order valence-corrected chi connectivity index (χ1v) is 8.35. The number of amides is 2. The van der Waals surface area contributed by atoms with Crippen molar-refractivity contribution in [2.24, 2.45) is 0 Å². The van der Waals surface area contributed by atoms with Crippen LogP contribution in [-0.4, -0.2) is 44.5 Å². The number of halogens is 1. The zero-order valence-electron chi connectivity index (χ0n) is 14.0. The summed E-state index contributed by atoms with van der Waals surface area (Å²) in [6.07, 6.45) is 3.87. The molecule has 1 aromatic carbocycles. The number of carbonyl (C=O) groups is 2. The van der Waals surface area contributed by atoms with E-state index in [0.29, 0.717) is 30.8 Å². The molecule has 1 fully saturated rings. The molecule has 2 aromatic rings. The van der Waals surface area contributed by atoms with Crippen LogP contribution in [0.3, 0.4) is 0 Å². The van der Waals surface area contributed by atoms with Crippen LogP contribution in [-0.2, 0) is 9.59 Å². The standard InChI is InChI=1S/C17H20FN5O2/c1-2-4-15(24)23-8-3-5-14(23)17(25)21-13-7-6-11(9-12(13)18)16-19-10-20-22-16/h6-7,9-10,14H,2-5,8H2,1H3,(H,21,25)(H,19,20,22). The van der Waals surface area contributed by atoms with E-state index in [0.717, 1.165) is 12.8 Å². The molecule has 1 saturated heterocycles. The van der Waals surface area contributed by atoms with Gasteiger partial charge in [0.15, 0.2) is 5.82 Å². The van der Waals surface area contributed by atoms with Crippen molar-refractivity contribution in [1.82, 2.24) is 20.1 Å². The molecule has 1 aliphatic heterocycles. The summed E-state index contributed by atoms with van der Waals surface area (Å²) in [7, 11) is 0. The highest BCUT2D eigenvalue weighted by atomic mass is 19.1. The zero-order chi connectivity index (χ0) is 17.8. The van der Waals surface area contributed by atoms with Gasteiger partial charge in [0.2, 0.25) is 11.8 Å². The Morgan fingerprint density at radius 1 is 1.44 bits per heavy atom. The van der Waals surface area contributed by atoms with Gasteiger partial charge in [-0.3, -0.25) is 14.7 Å². The molecule has 2 amide bonds. The number of nitrogens with one attached hydrogen (secondary N) is 2. The van der Waals surface area contributed by atoms with Gasteiger partial charge in [0.25, 0.3) is 0 Å². The summed E-state index contributed by atoms with van der Waals surface area (Å²) in [5, 5.41) is 8.98. The third kappa shape index (κ3) is 3.67. The highest BCUT2D eigenvalue weighted by molar-refractivity contribution is 5.97. The fraction of sp³-hybridized carbons (Fsp3) is 0.412. The van der Waals surface area contributed by atoms with Crippen LogP contribution in [0.15, 0.2) is 24.5 Å². The second-order valence-corrected chi connectivity index (χ2v) is 6.01. The summed E-state index contributed by atoms with van der Waals surface area (Å²) in [6.45, 7) is 2.50. The van der Waals surface area contributed by atoms with E-state index in [4.69, 9.17) is 0 Å². The number of nitrogens with zero attached hydrogens (tertiary/aromatic N) is 3. The van der Waals surface area contributed by atoms with Crippen LogP contribution in [0.4, 0.5) is 10.1 Å². The molecule has 2 N–H and O–H groups in total. The fourth-order valence-corrected chi connectivity index (χ4v) is 3.02. The minimum Gasteiger partial charge on any atom is -0.331 e. The predicted molar refractivity (Wildman–Crippen MR) is 90.0 cm³/mol. The Labute approximate surface area is 144 Å². The molecule has 0 saturated carbocycles. The molecule has 25 heavy (non-hydrogen) atoms. The average Bonchev–Trinajstić information content (AvgIpc) is 3.28. The molecule has 0 radical (unpaired) electrons. The van der Waals surface area contributed by atoms with Crippen molar-refractivity contribution in [1.29, 1.82) is 0 Å². The Kier molecular flexibility index (Phi) is 5.06. The Morgan fingerprint density at radius 2 is 2.28 bits per heavy atom. The summed E-state index contributed by atoms with van der Waals surface area (Å²) < 4.78 is 14.3. The van der Waals surface area contributed by atoms with Gasteiger partial charge >= 0.3 is 0 Å². The topological polar surface area (TPSA) is 91.0 Å². The van der Waals surface area contributed by atoms with E-state index < -0.39 is 11.9 Å². The SMILES string of the molecule is CCCC(=O)N1CCCC1C(=O)Nc1ccc(-c2ncn[nH]2)cc1F. The largest absolute Gasteiger partial charge is 0.331 e. The molecule has 8 heteroatoms. The summed E-state index contributed by atoms with van der Waals surface area (Å²) in [5.74, 6) is -0.495. The molecule has 3 rings (SSSR count). The molecule has 0 aliphatic carbocycles. The second kappa shape index (κ2) is 7.42. The normalized spacial score (nSPS) is 16.9. The van der Waals surface area contributed by atoms with Gasteiger partial charge in [-0.2, -0.15) is 5.10 Å². The predicted octanol–water partition coefficient (Wildman–Crippen LogP) is 2.34. The molecule has 7 nitrogen and oxygen atoms in total. The van der Waals surface area contributed by atoms with Gasteiger partial charge in [-0.05, 0) is 37.5 Å². The maximum Gasteiger partial charge on any atom is 0.247 e. The summed E-state index contributed by atoms with van der Waals surface area (Å²) in [4.78, 5) is 30.2. The van der Waals surface area contributed by atoms with E-state index in [9.17, 15) is 14.0 Å². The van der Waals surface area contributed by atoms with Crippen LogP contribution in [0.5, 0.6) is 0 Å². The summed E-state index contributed by atoms with van der Waals surface area (Å²) >= 11 is 0. The van der Waals surface area contributed by atoms with Crippen molar-refractivity contribution in [2.75, 3.05) is 11.9 Å². The number of rotatable bonds is 5. The smallest absolute Gasteiger partial charge is 0.247 e. The summed E-state index contributed by atoms with van der Waals surface area (Å²) in [6, 6.07) is 3.88. The van der Waals surface area contributed by atoms with Crippen molar-refractivity contribution in [3.63, 3.8) is 0 Å².